The third kappa shape index (κ3) is 6.16. The van der Waals surface area contributed by atoms with E-state index in [-0.39, 0.29) is 11.5 Å². The monoisotopic (exact) mass is 468 g/mol. The van der Waals surface area contributed by atoms with Crippen molar-refractivity contribution in [1.82, 2.24) is 4.90 Å². The second-order valence-corrected chi connectivity index (χ2v) is 8.23. The van der Waals surface area contributed by atoms with Crippen molar-refractivity contribution in [2.75, 3.05) is 31.1 Å². The van der Waals surface area contributed by atoms with Crippen LogP contribution in [0.5, 0.6) is 5.75 Å². The predicted octanol–water partition coefficient (Wildman–Crippen LogP) is 4.71. The first-order chi connectivity index (χ1) is 16.0. The van der Waals surface area contributed by atoms with Crippen molar-refractivity contribution in [1.29, 1.82) is 0 Å². The van der Waals surface area contributed by atoms with Crippen molar-refractivity contribution in [2.45, 2.75) is 27.4 Å². The Morgan fingerprint density at radius 3 is 2.45 bits per heavy atom. The van der Waals surface area contributed by atoms with Crippen LogP contribution in [0.15, 0.2) is 53.4 Å². The van der Waals surface area contributed by atoms with E-state index in [1.807, 2.05) is 48.5 Å². The minimum atomic E-state index is -0.614. The Kier molecular flexibility index (Phi) is 8.54. The van der Waals surface area contributed by atoms with Gasteiger partial charge in [0.2, 0.25) is 0 Å². The molecule has 0 radical (unpaired) electrons. The first kappa shape index (κ1) is 24.4. The molecule has 8 heteroatoms. The van der Waals surface area contributed by atoms with Gasteiger partial charge < -0.3 is 14.4 Å². The number of carbonyl (C=O) groups excluding carboxylic acids is 3. The Labute approximate surface area is 198 Å². The van der Waals surface area contributed by atoms with Gasteiger partial charge in [-0.25, -0.2) is 0 Å². The SMILES string of the molecule is CCOC(=O)CN1C(=O)S/C(=C/c2ccc(N(CC)CC)cc2OCc2ccccc2)C1=O. The lowest BCUT2D eigenvalue weighted by molar-refractivity contribution is -0.145. The van der Waals surface area contributed by atoms with E-state index >= 15 is 0 Å². The number of carbonyl (C=O) groups is 3. The van der Waals surface area contributed by atoms with Gasteiger partial charge in [-0.05, 0) is 56.3 Å². The second-order valence-electron chi connectivity index (χ2n) is 7.24. The number of anilines is 1. The number of ether oxygens (including phenoxy) is 2. The fourth-order valence-corrected chi connectivity index (χ4v) is 4.23. The van der Waals surface area contributed by atoms with Gasteiger partial charge in [0.05, 0.1) is 11.5 Å². The van der Waals surface area contributed by atoms with Crippen LogP contribution in [-0.4, -0.2) is 48.3 Å². The molecule has 1 fully saturated rings. The summed E-state index contributed by atoms with van der Waals surface area (Å²) in [6.45, 7) is 7.70. The Morgan fingerprint density at radius 1 is 1.06 bits per heavy atom. The van der Waals surface area contributed by atoms with E-state index < -0.39 is 23.7 Å². The Bertz CT molecular complexity index is 1030. The second kappa shape index (κ2) is 11.6. The molecule has 1 saturated heterocycles. The van der Waals surface area contributed by atoms with Gasteiger partial charge in [0.15, 0.2) is 0 Å². The van der Waals surface area contributed by atoms with Crippen molar-refractivity contribution in [3.63, 3.8) is 0 Å². The number of thioether (sulfide) groups is 1. The van der Waals surface area contributed by atoms with Gasteiger partial charge in [-0.2, -0.15) is 0 Å². The first-order valence-corrected chi connectivity index (χ1v) is 11.7. The van der Waals surface area contributed by atoms with Gasteiger partial charge in [-0.1, -0.05) is 30.3 Å². The summed E-state index contributed by atoms with van der Waals surface area (Å²) in [4.78, 5) is 40.2. The van der Waals surface area contributed by atoms with E-state index in [1.165, 1.54) is 0 Å². The Balaban J connectivity index is 1.88. The van der Waals surface area contributed by atoms with Gasteiger partial charge in [0.25, 0.3) is 11.1 Å². The highest BCUT2D eigenvalue weighted by Gasteiger charge is 2.36. The third-order valence-electron chi connectivity index (χ3n) is 5.12. The Hall–Kier alpha value is -3.26. The molecule has 0 aromatic heterocycles. The molecule has 2 aromatic rings. The van der Waals surface area contributed by atoms with Gasteiger partial charge in [-0.15, -0.1) is 0 Å². The number of rotatable bonds is 10. The first-order valence-electron chi connectivity index (χ1n) is 10.9. The number of imide groups is 1. The summed E-state index contributed by atoms with van der Waals surface area (Å²) in [5, 5.41) is -0.495. The van der Waals surface area contributed by atoms with E-state index in [2.05, 4.69) is 18.7 Å². The van der Waals surface area contributed by atoms with Crippen molar-refractivity contribution < 1.29 is 23.9 Å². The van der Waals surface area contributed by atoms with Gasteiger partial charge in [0, 0.05) is 30.4 Å². The van der Waals surface area contributed by atoms with E-state index in [1.54, 1.807) is 13.0 Å². The maximum Gasteiger partial charge on any atom is 0.326 e. The maximum atomic E-state index is 12.8. The summed E-state index contributed by atoms with van der Waals surface area (Å²) in [6, 6.07) is 15.6. The molecule has 0 unspecified atom stereocenters. The van der Waals surface area contributed by atoms with Gasteiger partial charge in [0.1, 0.15) is 18.9 Å². The standard InChI is InChI=1S/C25H28N2O5S/c1-4-26(5-2)20-13-12-19(21(15-20)32-17-18-10-8-7-9-11-18)14-22-24(29)27(25(30)33-22)16-23(28)31-6-3/h7-15H,4-6,16-17H2,1-3H3/b22-14+. The van der Waals surface area contributed by atoms with Crippen LogP contribution in [-0.2, 0) is 20.9 Å². The zero-order valence-electron chi connectivity index (χ0n) is 19.1. The topological polar surface area (TPSA) is 76.2 Å². The number of hydrogen-bond acceptors (Lipinski definition) is 7. The number of hydrogen-bond donors (Lipinski definition) is 0. The molecule has 0 atom stereocenters. The van der Waals surface area contributed by atoms with Crippen molar-refractivity contribution in [3.8, 4) is 5.75 Å². The minimum Gasteiger partial charge on any atom is -0.488 e. The van der Waals surface area contributed by atoms with Crippen molar-refractivity contribution >= 4 is 40.6 Å². The zero-order chi connectivity index (χ0) is 23.8. The van der Waals surface area contributed by atoms with E-state index in [9.17, 15) is 14.4 Å². The summed E-state index contributed by atoms with van der Waals surface area (Å²) in [5.41, 5.74) is 2.71. The molecule has 7 nitrogen and oxygen atoms in total. The predicted molar refractivity (Wildman–Crippen MR) is 130 cm³/mol. The zero-order valence-corrected chi connectivity index (χ0v) is 19.9. The molecular weight excluding hydrogens is 440 g/mol. The van der Waals surface area contributed by atoms with Gasteiger partial charge >= 0.3 is 5.97 Å². The highest BCUT2D eigenvalue weighted by Crippen LogP contribution is 2.35. The molecule has 2 amide bonds. The summed E-state index contributed by atoms with van der Waals surface area (Å²) >= 11 is 0.804. The van der Waals surface area contributed by atoms with Crippen LogP contribution in [0, 0.1) is 0 Å². The Morgan fingerprint density at radius 2 is 1.79 bits per heavy atom. The molecule has 0 N–H and O–H groups in total. The fourth-order valence-electron chi connectivity index (χ4n) is 3.40. The molecule has 1 aliphatic heterocycles. The average molecular weight is 469 g/mol. The van der Waals surface area contributed by atoms with Crippen molar-refractivity contribution in [3.05, 3.63) is 64.6 Å². The molecule has 3 rings (SSSR count). The summed E-state index contributed by atoms with van der Waals surface area (Å²) in [6.07, 6.45) is 1.64. The fraction of sp³-hybridized carbons (Fsp3) is 0.320. The van der Waals surface area contributed by atoms with Crippen molar-refractivity contribution in [2.24, 2.45) is 0 Å². The minimum absolute atomic E-state index is 0.186. The highest BCUT2D eigenvalue weighted by molar-refractivity contribution is 8.18. The smallest absolute Gasteiger partial charge is 0.326 e. The van der Waals surface area contributed by atoms with Crippen LogP contribution in [0.25, 0.3) is 6.08 Å². The van der Waals surface area contributed by atoms with Gasteiger partial charge in [-0.3, -0.25) is 19.3 Å². The summed E-state index contributed by atoms with van der Waals surface area (Å²) < 4.78 is 11.0. The third-order valence-corrected chi connectivity index (χ3v) is 6.02. The number of esters is 1. The molecule has 0 aliphatic carbocycles. The molecule has 1 heterocycles. The van der Waals surface area contributed by atoms with Crippen LogP contribution in [0.4, 0.5) is 10.5 Å². The van der Waals surface area contributed by atoms with E-state index in [4.69, 9.17) is 9.47 Å². The lowest BCUT2D eigenvalue weighted by atomic mass is 10.1. The quantitative estimate of drug-likeness (QED) is 0.369. The van der Waals surface area contributed by atoms with E-state index in [0.29, 0.717) is 17.9 Å². The van der Waals surface area contributed by atoms with Crippen LogP contribution < -0.4 is 9.64 Å². The average Bonchev–Trinajstić information content (AvgIpc) is 3.07. The molecular formula is C25H28N2O5S. The van der Waals surface area contributed by atoms with E-state index in [0.717, 1.165) is 41.0 Å². The number of nitrogens with zero attached hydrogens (tertiary/aromatic N) is 2. The van der Waals surface area contributed by atoms with Crippen LogP contribution >= 0.6 is 11.8 Å². The summed E-state index contributed by atoms with van der Waals surface area (Å²) in [5.74, 6) is -0.517. The molecule has 2 aromatic carbocycles. The molecule has 1 aliphatic rings. The largest absolute Gasteiger partial charge is 0.488 e. The highest BCUT2D eigenvalue weighted by atomic mass is 32.2. The lowest BCUT2D eigenvalue weighted by Gasteiger charge is -2.22. The van der Waals surface area contributed by atoms with Crippen LogP contribution in [0.3, 0.4) is 0 Å². The molecule has 0 spiro atoms. The van der Waals surface area contributed by atoms with Crippen LogP contribution in [0.2, 0.25) is 0 Å². The molecule has 0 saturated carbocycles. The van der Waals surface area contributed by atoms with Crippen LogP contribution in [0.1, 0.15) is 31.9 Å². The number of benzene rings is 2. The molecule has 33 heavy (non-hydrogen) atoms. The maximum absolute atomic E-state index is 12.8. The normalized spacial score (nSPS) is 14.6. The summed E-state index contributed by atoms with van der Waals surface area (Å²) in [7, 11) is 0. The molecule has 174 valence electrons. The lowest BCUT2D eigenvalue weighted by Crippen LogP contribution is -2.34. The molecule has 0 bridgehead atoms. The number of amides is 2.